The monoisotopic (exact) mass is 956 g/mol. The largest absolute Gasteiger partial charge is 0.458 e. The van der Waals surface area contributed by atoms with Crippen LogP contribution in [0.5, 0.6) is 11.5 Å². The Morgan fingerprint density at radius 1 is 0.342 bits per heavy atom. The van der Waals surface area contributed by atoms with Gasteiger partial charge in [-0.15, -0.1) is 0 Å². The van der Waals surface area contributed by atoms with Crippen LogP contribution in [0, 0.1) is 0 Å². The van der Waals surface area contributed by atoms with Gasteiger partial charge in [0.15, 0.2) is 0 Å². The molecule has 0 saturated heterocycles. The molecule has 2 aliphatic rings. The molecule has 0 atom stereocenters. The topological polar surface area (TPSA) is 22.3 Å². The summed E-state index contributed by atoms with van der Waals surface area (Å²) in [7, 11) is 0. The summed E-state index contributed by atoms with van der Waals surface area (Å²) in [6.07, 6.45) is 0. The second kappa shape index (κ2) is 15.8. The van der Waals surface area contributed by atoms with E-state index in [1.54, 1.807) is 0 Å². The van der Waals surface area contributed by atoms with Crippen molar-refractivity contribution >= 4 is 83.8 Å². The Kier molecular flexibility index (Phi) is 10.2. The van der Waals surface area contributed by atoms with Gasteiger partial charge in [0.2, 0.25) is 0 Å². The van der Waals surface area contributed by atoms with Crippen molar-refractivity contribution in [2.24, 2.45) is 0 Å². The maximum atomic E-state index is 7.37. The second-order valence-corrected chi connectivity index (χ2v) is 26.4. The Bertz CT molecular complexity index is 3830. The molecule has 0 spiro atoms. The highest BCUT2D eigenvalue weighted by molar-refractivity contribution is 6.99. The number of nitrogens with zero attached hydrogens (tertiary/aromatic N) is 3. The predicted octanol–water partition coefficient (Wildman–Crippen LogP) is 16.8. The van der Waals surface area contributed by atoms with E-state index in [-0.39, 0.29) is 33.8 Å². The quantitative estimate of drug-likeness (QED) is 0.165. The number of aromatic nitrogens is 2. The van der Waals surface area contributed by atoms with Crippen molar-refractivity contribution in [3.8, 4) is 22.9 Å². The molecular weight excluding hydrogens is 886 g/mol. The Morgan fingerprint density at radius 2 is 0.849 bits per heavy atom. The third-order valence-corrected chi connectivity index (χ3v) is 16.1. The highest BCUT2D eigenvalue weighted by atomic mass is 16.5. The molecule has 5 heteroatoms. The maximum Gasteiger partial charge on any atom is 0.256 e. The highest BCUT2D eigenvalue weighted by Crippen LogP contribution is 2.47. The number of ether oxygens (including phenoxy) is 1. The normalized spacial score (nSPS) is 14.0. The third kappa shape index (κ3) is 7.46. The summed E-state index contributed by atoms with van der Waals surface area (Å²) in [6, 6.07) is 58.4. The fourth-order valence-corrected chi connectivity index (χ4v) is 11.9. The van der Waals surface area contributed by atoms with Gasteiger partial charge in [-0.2, -0.15) is 0 Å². The van der Waals surface area contributed by atoms with Crippen LogP contribution in [0.3, 0.4) is 0 Å². The average molecular weight is 956 g/mol. The minimum atomic E-state index is -0.0465. The molecule has 0 amide bonds. The van der Waals surface area contributed by atoms with Gasteiger partial charge in [-0.1, -0.05) is 183 Å². The Hall–Kier alpha value is -6.98. The number of benzene rings is 8. The molecule has 4 nitrogen and oxygen atoms in total. The van der Waals surface area contributed by atoms with E-state index in [1.807, 2.05) is 0 Å². The van der Waals surface area contributed by atoms with Crippen LogP contribution in [0.15, 0.2) is 152 Å². The van der Waals surface area contributed by atoms with Gasteiger partial charge in [0, 0.05) is 44.7 Å². The first-order chi connectivity index (χ1) is 34.4. The molecular formula is C68H70BN3O. The van der Waals surface area contributed by atoms with Gasteiger partial charge >= 0.3 is 0 Å². The summed E-state index contributed by atoms with van der Waals surface area (Å²) >= 11 is 0. The second-order valence-electron chi connectivity index (χ2n) is 26.4. The van der Waals surface area contributed by atoms with Gasteiger partial charge in [0.05, 0.1) is 33.4 Å². The van der Waals surface area contributed by atoms with Crippen molar-refractivity contribution in [2.75, 3.05) is 4.90 Å². The standard InChI is InChI=1S/C68H70BN3O/c1-64(2,3)41-23-29-46(30-24-41)70-57-33-27-44(67(10,11)12)37-52(57)69-53-38-45(68(13,14)15)28-34-60(53)73-61-40-47(39-59(70)62(61)69)71-54-21-17-16-19-48(54)49-20-18-22-58(63(49)71)72-55-31-25-42(65(4,5)6)35-50(55)51-36-43(66(7,8)9)26-32-56(51)72/h16-40H,1-15H3. The lowest BCUT2D eigenvalue weighted by Gasteiger charge is -2.41. The maximum absolute atomic E-state index is 7.37. The fourth-order valence-electron chi connectivity index (χ4n) is 11.9. The zero-order valence-electron chi connectivity index (χ0n) is 45.8. The van der Waals surface area contributed by atoms with Crippen LogP contribution in [-0.2, 0) is 27.1 Å². The number of para-hydroxylation sites is 2. The lowest BCUT2D eigenvalue weighted by molar-refractivity contribution is 0.486. The molecule has 0 fully saturated rings. The van der Waals surface area contributed by atoms with Crippen LogP contribution < -0.4 is 26.0 Å². The van der Waals surface area contributed by atoms with Gasteiger partial charge < -0.3 is 18.8 Å². The highest BCUT2D eigenvalue weighted by Gasteiger charge is 2.43. The van der Waals surface area contributed by atoms with Crippen molar-refractivity contribution in [1.82, 2.24) is 9.13 Å². The summed E-state index contributed by atoms with van der Waals surface area (Å²) < 4.78 is 12.4. The first-order valence-electron chi connectivity index (χ1n) is 26.5. The van der Waals surface area contributed by atoms with E-state index >= 15 is 0 Å². The van der Waals surface area contributed by atoms with Crippen molar-refractivity contribution in [3.63, 3.8) is 0 Å². The van der Waals surface area contributed by atoms with E-state index < -0.39 is 0 Å². The molecule has 10 aromatic rings. The summed E-state index contributed by atoms with van der Waals surface area (Å²) in [4.78, 5) is 2.52. The number of rotatable bonds is 3. The molecule has 366 valence electrons. The van der Waals surface area contributed by atoms with Crippen molar-refractivity contribution in [3.05, 3.63) is 179 Å². The third-order valence-electron chi connectivity index (χ3n) is 16.1. The van der Waals surface area contributed by atoms with Gasteiger partial charge in [-0.3, -0.25) is 0 Å². The zero-order valence-corrected chi connectivity index (χ0v) is 45.8. The smallest absolute Gasteiger partial charge is 0.256 e. The van der Waals surface area contributed by atoms with Gasteiger partial charge in [-0.25, -0.2) is 0 Å². The Labute approximate surface area is 433 Å². The van der Waals surface area contributed by atoms with E-state index in [0.717, 1.165) is 45.3 Å². The fraction of sp³-hybridized carbons (Fsp3) is 0.294. The number of hydrogen-bond donors (Lipinski definition) is 0. The van der Waals surface area contributed by atoms with Crippen LogP contribution in [-0.4, -0.2) is 15.8 Å². The molecule has 12 rings (SSSR count). The van der Waals surface area contributed by atoms with Crippen molar-refractivity contribution < 1.29 is 4.74 Å². The number of hydrogen-bond acceptors (Lipinski definition) is 2. The lowest BCUT2D eigenvalue weighted by Crippen LogP contribution is -2.60. The van der Waals surface area contributed by atoms with E-state index in [9.17, 15) is 0 Å². The molecule has 2 aromatic heterocycles. The van der Waals surface area contributed by atoms with Gasteiger partial charge in [0.1, 0.15) is 11.5 Å². The average Bonchev–Trinajstić information content (AvgIpc) is 3.86. The molecule has 4 heterocycles. The molecule has 0 aliphatic carbocycles. The Balaban J connectivity index is 1.19. The minimum Gasteiger partial charge on any atom is -0.458 e. The summed E-state index contributed by atoms with van der Waals surface area (Å²) in [5.74, 6) is 1.81. The molecule has 0 N–H and O–H groups in total. The van der Waals surface area contributed by atoms with Crippen molar-refractivity contribution in [1.29, 1.82) is 0 Å². The van der Waals surface area contributed by atoms with E-state index in [2.05, 4.69) is 270 Å². The minimum absolute atomic E-state index is 0.00218. The lowest BCUT2D eigenvalue weighted by atomic mass is 9.33. The first kappa shape index (κ1) is 47.1. The van der Waals surface area contributed by atoms with Gasteiger partial charge in [-0.05, 0) is 138 Å². The molecule has 0 saturated carbocycles. The van der Waals surface area contributed by atoms with Crippen LogP contribution >= 0.6 is 0 Å². The molecule has 0 bridgehead atoms. The zero-order chi connectivity index (χ0) is 51.5. The summed E-state index contributed by atoms with van der Waals surface area (Å²) in [5.41, 5.74) is 20.6. The number of fused-ring (bicyclic) bond motifs is 10. The van der Waals surface area contributed by atoms with Crippen LogP contribution in [0.4, 0.5) is 17.1 Å². The van der Waals surface area contributed by atoms with E-state index in [0.29, 0.717) is 0 Å². The van der Waals surface area contributed by atoms with E-state index in [1.165, 1.54) is 82.5 Å². The van der Waals surface area contributed by atoms with Crippen LogP contribution in [0.1, 0.15) is 132 Å². The molecule has 0 unspecified atom stereocenters. The van der Waals surface area contributed by atoms with Crippen LogP contribution in [0.25, 0.3) is 55.0 Å². The van der Waals surface area contributed by atoms with E-state index in [4.69, 9.17) is 4.74 Å². The molecule has 8 aromatic carbocycles. The predicted molar refractivity (Wildman–Crippen MR) is 314 cm³/mol. The van der Waals surface area contributed by atoms with Crippen LogP contribution in [0.2, 0.25) is 0 Å². The first-order valence-corrected chi connectivity index (χ1v) is 26.5. The number of anilines is 3. The molecule has 73 heavy (non-hydrogen) atoms. The SMILES string of the molecule is CC(C)(C)c1ccc(N2c3ccc(C(C)(C)C)cc3B3c4cc(C(C)(C)C)ccc4Oc4cc(-n5c6ccccc6c6cccc(-n7c8ccc(C(C)(C)C)cc8c8cc(C(C)(C)C)ccc87)c65)cc2c43)cc1. The van der Waals surface area contributed by atoms with Gasteiger partial charge in [0.25, 0.3) is 6.71 Å². The molecule has 2 aliphatic heterocycles. The summed E-state index contributed by atoms with van der Waals surface area (Å²) in [5, 5.41) is 4.98. The Morgan fingerprint density at radius 3 is 1.45 bits per heavy atom. The molecule has 0 radical (unpaired) electrons. The summed E-state index contributed by atoms with van der Waals surface area (Å²) in [6.45, 7) is 34.6. The van der Waals surface area contributed by atoms with Crippen molar-refractivity contribution in [2.45, 2.75) is 131 Å².